The summed E-state index contributed by atoms with van der Waals surface area (Å²) in [5, 5.41) is 3.17. The van der Waals surface area contributed by atoms with Crippen molar-refractivity contribution in [2.75, 3.05) is 23.9 Å². The number of ether oxygens (including phenoxy) is 1. The van der Waals surface area contributed by atoms with Crippen LogP contribution in [-0.2, 0) is 4.79 Å². The van der Waals surface area contributed by atoms with Crippen LogP contribution < -0.4 is 15.0 Å². The van der Waals surface area contributed by atoms with Crippen LogP contribution in [0.5, 0.6) is 5.75 Å². The number of nitrogens with zero attached hydrogens (tertiary/aromatic N) is 1. The third-order valence-corrected chi connectivity index (χ3v) is 3.97. The number of benzene rings is 2. The minimum atomic E-state index is -0.306. The monoisotopic (exact) mass is 330 g/mol. The van der Waals surface area contributed by atoms with E-state index in [1.54, 1.807) is 49.5 Å². The number of hydrogen-bond donors (Lipinski definition) is 1. The van der Waals surface area contributed by atoms with Gasteiger partial charge in [0, 0.05) is 12.7 Å². The van der Waals surface area contributed by atoms with Crippen LogP contribution in [0.4, 0.5) is 11.4 Å². The second-order valence-electron chi connectivity index (χ2n) is 5.17. The number of fused-ring (bicyclic) bond motifs is 1. The molecule has 23 heavy (non-hydrogen) atoms. The van der Waals surface area contributed by atoms with E-state index in [0.717, 1.165) is 0 Å². The van der Waals surface area contributed by atoms with E-state index in [-0.39, 0.29) is 11.8 Å². The Bertz CT molecular complexity index is 776. The molecule has 0 bridgehead atoms. The van der Waals surface area contributed by atoms with Gasteiger partial charge >= 0.3 is 0 Å². The lowest BCUT2D eigenvalue weighted by atomic mass is 10.2. The Labute approximate surface area is 138 Å². The topological polar surface area (TPSA) is 58.6 Å². The van der Waals surface area contributed by atoms with Crippen LogP contribution in [0.15, 0.2) is 42.5 Å². The van der Waals surface area contributed by atoms with E-state index in [1.807, 2.05) is 0 Å². The van der Waals surface area contributed by atoms with Crippen molar-refractivity contribution in [2.24, 2.45) is 0 Å². The third kappa shape index (κ3) is 3.14. The van der Waals surface area contributed by atoms with E-state index < -0.39 is 0 Å². The number of halogens is 1. The molecule has 6 heteroatoms. The molecule has 2 aromatic carbocycles. The van der Waals surface area contributed by atoms with E-state index >= 15 is 0 Å². The standard InChI is InChI=1S/C17H15ClN2O3/c1-20-14-10-11(6-7-15(14)23-9-8-16(20)21)19-17(22)12-4-2-3-5-13(12)18/h2-7,10H,8-9H2,1H3,(H,19,22). The molecule has 1 N–H and O–H groups in total. The number of amides is 2. The van der Waals surface area contributed by atoms with Crippen molar-refractivity contribution in [1.29, 1.82) is 0 Å². The van der Waals surface area contributed by atoms with Gasteiger partial charge in [-0.1, -0.05) is 23.7 Å². The summed E-state index contributed by atoms with van der Waals surface area (Å²) in [6.07, 6.45) is 0.326. The largest absolute Gasteiger partial charge is 0.491 e. The quantitative estimate of drug-likeness (QED) is 0.918. The summed E-state index contributed by atoms with van der Waals surface area (Å²) < 4.78 is 5.56. The molecule has 0 spiro atoms. The number of carbonyl (C=O) groups excluding carboxylic acids is 2. The minimum Gasteiger partial charge on any atom is -0.491 e. The first-order valence-electron chi connectivity index (χ1n) is 7.15. The van der Waals surface area contributed by atoms with Gasteiger partial charge in [-0.15, -0.1) is 0 Å². The van der Waals surface area contributed by atoms with Crippen LogP contribution >= 0.6 is 11.6 Å². The Morgan fingerprint density at radius 3 is 2.83 bits per heavy atom. The lowest BCUT2D eigenvalue weighted by Gasteiger charge is -2.17. The van der Waals surface area contributed by atoms with Gasteiger partial charge in [-0.2, -0.15) is 0 Å². The number of carbonyl (C=O) groups is 2. The first-order valence-corrected chi connectivity index (χ1v) is 7.53. The first kappa shape index (κ1) is 15.4. The molecule has 118 valence electrons. The zero-order valence-electron chi connectivity index (χ0n) is 12.5. The van der Waals surface area contributed by atoms with E-state index in [4.69, 9.17) is 16.3 Å². The molecule has 1 aliphatic heterocycles. The van der Waals surface area contributed by atoms with E-state index in [1.165, 1.54) is 4.90 Å². The molecule has 0 saturated carbocycles. The molecule has 0 unspecified atom stereocenters. The maximum Gasteiger partial charge on any atom is 0.257 e. The maximum atomic E-state index is 12.3. The van der Waals surface area contributed by atoms with Crippen LogP contribution in [0.2, 0.25) is 5.02 Å². The molecule has 5 nitrogen and oxygen atoms in total. The highest BCUT2D eigenvalue weighted by Crippen LogP contribution is 2.33. The molecule has 0 aliphatic carbocycles. The van der Waals surface area contributed by atoms with Crippen LogP contribution in [0, 0.1) is 0 Å². The second-order valence-corrected chi connectivity index (χ2v) is 5.57. The van der Waals surface area contributed by atoms with Crippen molar-refractivity contribution in [3.8, 4) is 5.75 Å². The molecular formula is C17H15ClN2O3. The van der Waals surface area contributed by atoms with Gasteiger partial charge in [0.15, 0.2) is 0 Å². The fourth-order valence-corrected chi connectivity index (χ4v) is 2.59. The Morgan fingerprint density at radius 2 is 2.04 bits per heavy atom. The number of rotatable bonds is 2. The number of nitrogens with one attached hydrogen (secondary N) is 1. The first-order chi connectivity index (χ1) is 11.1. The minimum absolute atomic E-state index is 0.0293. The third-order valence-electron chi connectivity index (χ3n) is 3.64. The van der Waals surface area contributed by atoms with Gasteiger partial charge in [0.25, 0.3) is 5.91 Å². The summed E-state index contributed by atoms with van der Waals surface area (Å²) in [6, 6.07) is 12.0. The van der Waals surface area contributed by atoms with Gasteiger partial charge in [0.1, 0.15) is 5.75 Å². The van der Waals surface area contributed by atoms with Crippen LogP contribution in [0.1, 0.15) is 16.8 Å². The maximum absolute atomic E-state index is 12.3. The SMILES string of the molecule is CN1C(=O)CCOc2ccc(NC(=O)c3ccccc3Cl)cc21. The average molecular weight is 331 g/mol. The normalized spacial score (nSPS) is 13.8. The van der Waals surface area contributed by atoms with Crippen molar-refractivity contribution < 1.29 is 14.3 Å². The molecule has 1 heterocycles. The van der Waals surface area contributed by atoms with Gasteiger partial charge in [0.05, 0.1) is 29.3 Å². The fraction of sp³-hybridized carbons (Fsp3) is 0.176. The molecule has 0 aromatic heterocycles. The molecule has 0 radical (unpaired) electrons. The number of hydrogen-bond acceptors (Lipinski definition) is 3. The number of anilines is 2. The molecule has 1 aliphatic rings. The molecular weight excluding hydrogens is 316 g/mol. The molecule has 3 rings (SSSR count). The summed E-state index contributed by atoms with van der Waals surface area (Å²) in [7, 11) is 1.69. The molecule has 0 atom stereocenters. The average Bonchev–Trinajstić information content (AvgIpc) is 2.68. The van der Waals surface area contributed by atoms with Crippen LogP contribution in [-0.4, -0.2) is 25.5 Å². The molecule has 0 fully saturated rings. The van der Waals surface area contributed by atoms with Crippen molar-refractivity contribution in [1.82, 2.24) is 0 Å². The summed E-state index contributed by atoms with van der Waals surface area (Å²) >= 11 is 6.03. The van der Waals surface area contributed by atoms with Crippen molar-refractivity contribution in [3.05, 3.63) is 53.1 Å². The highest BCUT2D eigenvalue weighted by Gasteiger charge is 2.20. The van der Waals surface area contributed by atoms with Crippen LogP contribution in [0.25, 0.3) is 0 Å². The van der Waals surface area contributed by atoms with E-state index in [9.17, 15) is 9.59 Å². The lowest BCUT2D eigenvalue weighted by molar-refractivity contribution is -0.118. The Morgan fingerprint density at radius 1 is 1.26 bits per heavy atom. The van der Waals surface area contributed by atoms with Crippen molar-refractivity contribution in [2.45, 2.75) is 6.42 Å². The van der Waals surface area contributed by atoms with E-state index in [0.29, 0.717) is 40.7 Å². The zero-order valence-corrected chi connectivity index (χ0v) is 13.3. The summed E-state index contributed by atoms with van der Waals surface area (Å²) in [4.78, 5) is 25.8. The van der Waals surface area contributed by atoms with Gasteiger partial charge < -0.3 is 15.0 Å². The summed E-state index contributed by atoms with van der Waals surface area (Å²) in [6.45, 7) is 0.349. The zero-order chi connectivity index (χ0) is 16.4. The lowest BCUT2D eigenvalue weighted by Crippen LogP contribution is -2.25. The fourth-order valence-electron chi connectivity index (χ4n) is 2.37. The van der Waals surface area contributed by atoms with Gasteiger partial charge in [-0.25, -0.2) is 0 Å². The smallest absolute Gasteiger partial charge is 0.257 e. The van der Waals surface area contributed by atoms with Gasteiger partial charge in [-0.05, 0) is 30.3 Å². The summed E-state index contributed by atoms with van der Waals surface area (Å²) in [5.74, 6) is 0.284. The molecule has 0 saturated heterocycles. The Balaban J connectivity index is 1.88. The highest BCUT2D eigenvalue weighted by molar-refractivity contribution is 6.34. The molecule has 2 amide bonds. The predicted octanol–water partition coefficient (Wildman–Crippen LogP) is 3.34. The predicted molar refractivity (Wildman–Crippen MR) is 89.4 cm³/mol. The second kappa shape index (κ2) is 6.30. The van der Waals surface area contributed by atoms with Crippen molar-refractivity contribution in [3.63, 3.8) is 0 Å². The molecule has 2 aromatic rings. The summed E-state index contributed by atoms with van der Waals surface area (Å²) in [5.41, 5.74) is 1.59. The highest BCUT2D eigenvalue weighted by atomic mass is 35.5. The Kier molecular flexibility index (Phi) is 4.21. The van der Waals surface area contributed by atoms with Gasteiger partial charge in [-0.3, -0.25) is 9.59 Å². The van der Waals surface area contributed by atoms with Crippen molar-refractivity contribution >= 4 is 34.8 Å². The van der Waals surface area contributed by atoms with E-state index in [2.05, 4.69) is 5.32 Å². The Hall–Kier alpha value is -2.53. The van der Waals surface area contributed by atoms with Crippen LogP contribution in [0.3, 0.4) is 0 Å². The van der Waals surface area contributed by atoms with Gasteiger partial charge in [0.2, 0.25) is 5.91 Å².